The minimum Gasteiger partial charge on any atom is -0.479 e. The van der Waals surface area contributed by atoms with Crippen LogP contribution in [-0.4, -0.2) is 27.8 Å². The van der Waals surface area contributed by atoms with E-state index in [0.29, 0.717) is 5.56 Å². The number of hydrogen-bond acceptors (Lipinski definition) is 3. The SMILES string of the molecule is O=C(CCl)Cc1cccc(C(O)C(=O)O)c1. The molecule has 1 aromatic carbocycles. The summed E-state index contributed by atoms with van der Waals surface area (Å²) < 4.78 is 0. The van der Waals surface area contributed by atoms with Crippen molar-refractivity contribution in [3.8, 4) is 0 Å². The summed E-state index contributed by atoms with van der Waals surface area (Å²) in [6, 6.07) is 6.26. The van der Waals surface area contributed by atoms with Gasteiger partial charge in [-0.25, -0.2) is 4.79 Å². The predicted molar refractivity (Wildman–Crippen MR) is 58.5 cm³/mol. The largest absolute Gasteiger partial charge is 0.479 e. The highest BCUT2D eigenvalue weighted by molar-refractivity contribution is 6.27. The highest BCUT2D eigenvalue weighted by Crippen LogP contribution is 2.15. The lowest BCUT2D eigenvalue weighted by molar-refractivity contribution is -0.146. The summed E-state index contributed by atoms with van der Waals surface area (Å²) in [6.45, 7) is 0. The molecule has 0 fully saturated rings. The van der Waals surface area contributed by atoms with E-state index in [1.165, 1.54) is 12.1 Å². The first-order valence-electron chi connectivity index (χ1n) is 4.62. The summed E-state index contributed by atoms with van der Waals surface area (Å²) in [5, 5.41) is 17.9. The Morgan fingerprint density at radius 2 is 2.06 bits per heavy atom. The van der Waals surface area contributed by atoms with Gasteiger partial charge >= 0.3 is 5.97 Å². The zero-order chi connectivity index (χ0) is 12.1. The molecule has 0 saturated carbocycles. The number of aliphatic carboxylic acids is 1. The smallest absolute Gasteiger partial charge is 0.337 e. The molecule has 16 heavy (non-hydrogen) atoms. The maximum atomic E-state index is 11.1. The lowest BCUT2D eigenvalue weighted by Crippen LogP contribution is -2.11. The molecule has 1 rings (SSSR count). The number of alkyl halides is 1. The molecule has 1 atom stereocenters. The van der Waals surface area contributed by atoms with Crippen LogP contribution in [0.2, 0.25) is 0 Å². The molecule has 0 bridgehead atoms. The predicted octanol–water partition coefficient (Wildman–Crippen LogP) is 1.16. The molecule has 0 aliphatic rings. The van der Waals surface area contributed by atoms with Crippen molar-refractivity contribution in [2.45, 2.75) is 12.5 Å². The molecule has 0 heterocycles. The fourth-order valence-corrected chi connectivity index (χ4v) is 1.39. The molecule has 0 amide bonds. The van der Waals surface area contributed by atoms with Crippen LogP contribution in [0.15, 0.2) is 24.3 Å². The van der Waals surface area contributed by atoms with Crippen LogP contribution < -0.4 is 0 Å². The molecule has 1 aromatic rings. The van der Waals surface area contributed by atoms with Gasteiger partial charge in [0.25, 0.3) is 0 Å². The molecule has 86 valence electrons. The van der Waals surface area contributed by atoms with Crippen molar-refractivity contribution < 1.29 is 19.8 Å². The second-order valence-corrected chi connectivity index (χ2v) is 3.60. The van der Waals surface area contributed by atoms with Gasteiger partial charge in [0.05, 0.1) is 5.88 Å². The standard InChI is InChI=1S/C11H11ClO4/c12-6-9(13)5-7-2-1-3-8(4-7)10(14)11(15)16/h1-4,10,14H,5-6H2,(H,15,16). The molecular formula is C11H11ClO4. The zero-order valence-corrected chi connectivity index (χ0v) is 9.15. The van der Waals surface area contributed by atoms with Crippen LogP contribution in [0.5, 0.6) is 0 Å². The van der Waals surface area contributed by atoms with Gasteiger partial charge in [-0.15, -0.1) is 11.6 Å². The number of aliphatic hydroxyl groups excluding tert-OH is 1. The third-order valence-electron chi connectivity index (χ3n) is 2.05. The molecule has 5 heteroatoms. The molecule has 1 unspecified atom stereocenters. The first-order chi connectivity index (χ1) is 7.54. The van der Waals surface area contributed by atoms with Gasteiger partial charge in [-0.3, -0.25) is 4.79 Å². The average Bonchev–Trinajstić information content (AvgIpc) is 2.28. The summed E-state index contributed by atoms with van der Waals surface area (Å²) in [5.74, 6) is -1.55. The fourth-order valence-electron chi connectivity index (χ4n) is 1.29. The molecule has 4 nitrogen and oxygen atoms in total. The Balaban J connectivity index is 2.86. The van der Waals surface area contributed by atoms with Crippen LogP contribution in [0, 0.1) is 0 Å². The molecule has 0 aromatic heterocycles. The number of carbonyl (C=O) groups excluding carboxylic acids is 1. The van der Waals surface area contributed by atoms with Crippen molar-refractivity contribution in [3.05, 3.63) is 35.4 Å². The Labute approximate surface area is 97.5 Å². The average molecular weight is 243 g/mol. The third kappa shape index (κ3) is 3.32. The van der Waals surface area contributed by atoms with Gasteiger partial charge in [0.1, 0.15) is 0 Å². The number of rotatable bonds is 5. The molecule has 0 spiro atoms. The number of carbonyl (C=O) groups is 2. The van der Waals surface area contributed by atoms with Crippen LogP contribution in [0.3, 0.4) is 0 Å². The Bertz CT molecular complexity index is 403. The van der Waals surface area contributed by atoms with Gasteiger partial charge in [-0.05, 0) is 11.1 Å². The van der Waals surface area contributed by atoms with Crippen LogP contribution in [0.1, 0.15) is 17.2 Å². The van der Waals surface area contributed by atoms with Crippen molar-refractivity contribution in [1.82, 2.24) is 0 Å². The monoisotopic (exact) mass is 242 g/mol. The molecule has 0 aliphatic carbocycles. The van der Waals surface area contributed by atoms with Crippen molar-refractivity contribution in [3.63, 3.8) is 0 Å². The summed E-state index contributed by atoms with van der Waals surface area (Å²) in [7, 11) is 0. The van der Waals surface area contributed by atoms with Gasteiger partial charge in [0.2, 0.25) is 0 Å². The summed E-state index contributed by atoms with van der Waals surface area (Å²) in [4.78, 5) is 21.6. The number of halogens is 1. The van der Waals surface area contributed by atoms with Crippen LogP contribution >= 0.6 is 11.6 Å². The topological polar surface area (TPSA) is 74.6 Å². The number of benzene rings is 1. The number of aliphatic hydroxyl groups is 1. The Kier molecular flexibility index (Phi) is 4.46. The van der Waals surface area contributed by atoms with E-state index in [-0.39, 0.29) is 23.6 Å². The van der Waals surface area contributed by atoms with Gasteiger partial charge in [-0.2, -0.15) is 0 Å². The lowest BCUT2D eigenvalue weighted by atomic mass is 10.0. The molecule has 2 N–H and O–H groups in total. The van der Waals surface area contributed by atoms with E-state index in [9.17, 15) is 14.7 Å². The van der Waals surface area contributed by atoms with Crippen LogP contribution in [0.25, 0.3) is 0 Å². The molecule has 0 aliphatic heterocycles. The zero-order valence-electron chi connectivity index (χ0n) is 8.39. The maximum Gasteiger partial charge on any atom is 0.337 e. The van der Waals surface area contributed by atoms with Gasteiger partial charge in [0.15, 0.2) is 11.9 Å². The van der Waals surface area contributed by atoms with Gasteiger partial charge in [0, 0.05) is 6.42 Å². The summed E-state index contributed by atoms with van der Waals surface area (Å²) in [6.07, 6.45) is -1.42. The Morgan fingerprint density at radius 1 is 1.38 bits per heavy atom. The Morgan fingerprint density at radius 3 is 2.62 bits per heavy atom. The van der Waals surface area contributed by atoms with Crippen molar-refractivity contribution in [2.24, 2.45) is 0 Å². The van der Waals surface area contributed by atoms with E-state index in [4.69, 9.17) is 16.7 Å². The van der Waals surface area contributed by atoms with E-state index in [1.807, 2.05) is 0 Å². The molecule has 0 radical (unpaired) electrons. The van der Waals surface area contributed by atoms with E-state index >= 15 is 0 Å². The number of hydrogen-bond donors (Lipinski definition) is 2. The van der Waals surface area contributed by atoms with Crippen molar-refractivity contribution in [1.29, 1.82) is 0 Å². The first-order valence-corrected chi connectivity index (χ1v) is 5.15. The van der Waals surface area contributed by atoms with Gasteiger partial charge in [-0.1, -0.05) is 24.3 Å². The van der Waals surface area contributed by atoms with Crippen LogP contribution in [0.4, 0.5) is 0 Å². The fraction of sp³-hybridized carbons (Fsp3) is 0.273. The van der Waals surface area contributed by atoms with E-state index in [0.717, 1.165) is 0 Å². The minimum atomic E-state index is -1.56. The van der Waals surface area contributed by atoms with E-state index < -0.39 is 12.1 Å². The summed E-state index contributed by atoms with van der Waals surface area (Å²) >= 11 is 5.36. The highest BCUT2D eigenvalue weighted by Gasteiger charge is 2.16. The summed E-state index contributed by atoms with van der Waals surface area (Å²) in [5.41, 5.74) is 0.899. The van der Waals surface area contributed by atoms with Crippen molar-refractivity contribution in [2.75, 3.05) is 5.88 Å². The normalized spacial score (nSPS) is 12.1. The number of ketones is 1. The van der Waals surface area contributed by atoms with E-state index in [2.05, 4.69) is 0 Å². The first kappa shape index (κ1) is 12.7. The van der Waals surface area contributed by atoms with Crippen LogP contribution in [-0.2, 0) is 16.0 Å². The maximum absolute atomic E-state index is 11.1. The lowest BCUT2D eigenvalue weighted by Gasteiger charge is -2.07. The third-order valence-corrected chi connectivity index (χ3v) is 2.35. The Hall–Kier alpha value is -1.39. The number of carboxylic acids is 1. The second kappa shape index (κ2) is 5.63. The number of Topliss-reactive ketones (excluding diaryl/α,β-unsaturated/α-hetero) is 1. The second-order valence-electron chi connectivity index (χ2n) is 3.33. The molecular weight excluding hydrogens is 232 g/mol. The quantitative estimate of drug-likeness (QED) is 0.760. The number of carboxylic acid groups (broad SMARTS) is 1. The molecule has 0 saturated heterocycles. The van der Waals surface area contributed by atoms with E-state index in [1.54, 1.807) is 12.1 Å². The highest BCUT2D eigenvalue weighted by atomic mass is 35.5. The minimum absolute atomic E-state index is 0.0777. The van der Waals surface area contributed by atoms with Gasteiger partial charge < -0.3 is 10.2 Å². The van der Waals surface area contributed by atoms with Crippen molar-refractivity contribution >= 4 is 23.4 Å².